The number of nitrogens with two attached hydrogens (primary N) is 1. The summed E-state index contributed by atoms with van der Waals surface area (Å²) in [6.45, 7) is 7.46. The fourth-order valence-corrected chi connectivity index (χ4v) is 2.85. The number of carbonyl (C=O) groups is 1. The summed E-state index contributed by atoms with van der Waals surface area (Å²) in [6.07, 6.45) is 3.32. The number of benzene rings is 1. The summed E-state index contributed by atoms with van der Waals surface area (Å²) in [7, 11) is 0. The molecule has 0 spiro atoms. The summed E-state index contributed by atoms with van der Waals surface area (Å²) in [6, 6.07) is 5.90. The zero-order chi connectivity index (χ0) is 17.9. The second kappa shape index (κ2) is 10.9. The molecule has 1 rings (SSSR count). The van der Waals surface area contributed by atoms with Crippen LogP contribution in [0, 0.1) is 11.8 Å². The fraction of sp³-hybridized carbons (Fsp3) is 0.632. The summed E-state index contributed by atoms with van der Waals surface area (Å²) < 4.78 is 11.3. The first kappa shape index (κ1) is 20.3. The van der Waals surface area contributed by atoms with Crippen molar-refractivity contribution >= 4 is 5.97 Å². The number of hydrogen-bond donors (Lipinski definition) is 2. The molecule has 24 heavy (non-hydrogen) atoms. The van der Waals surface area contributed by atoms with Crippen molar-refractivity contribution < 1.29 is 19.4 Å². The molecule has 0 aliphatic heterocycles. The van der Waals surface area contributed by atoms with E-state index in [1.54, 1.807) is 0 Å². The highest BCUT2D eigenvalue weighted by Gasteiger charge is 2.20. The van der Waals surface area contributed by atoms with E-state index in [4.69, 9.17) is 15.2 Å². The summed E-state index contributed by atoms with van der Waals surface area (Å²) >= 11 is 0. The topological polar surface area (TPSA) is 81.8 Å². The van der Waals surface area contributed by atoms with Gasteiger partial charge in [0.15, 0.2) is 0 Å². The Morgan fingerprint density at radius 2 is 1.92 bits per heavy atom. The molecule has 0 aliphatic rings. The molecule has 136 valence electrons. The van der Waals surface area contributed by atoms with Crippen LogP contribution >= 0.6 is 0 Å². The van der Waals surface area contributed by atoms with Gasteiger partial charge in [0.2, 0.25) is 0 Å². The summed E-state index contributed by atoms with van der Waals surface area (Å²) in [5.41, 5.74) is 6.70. The lowest BCUT2D eigenvalue weighted by molar-refractivity contribution is -0.142. The smallest absolute Gasteiger partial charge is 0.307 e. The van der Waals surface area contributed by atoms with Gasteiger partial charge in [-0.25, -0.2) is 0 Å². The molecule has 5 nitrogen and oxygen atoms in total. The molecule has 3 N–H and O–H groups in total. The second-order valence-corrected chi connectivity index (χ2v) is 5.96. The van der Waals surface area contributed by atoms with E-state index in [0.717, 1.165) is 36.3 Å². The van der Waals surface area contributed by atoms with Crippen LogP contribution < -0.4 is 15.2 Å². The largest absolute Gasteiger partial charge is 0.494 e. The van der Waals surface area contributed by atoms with E-state index in [-0.39, 0.29) is 6.54 Å². The van der Waals surface area contributed by atoms with Crippen molar-refractivity contribution in [3.8, 4) is 11.5 Å². The van der Waals surface area contributed by atoms with Crippen LogP contribution in [0.5, 0.6) is 11.5 Å². The van der Waals surface area contributed by atoms with Crippen molar-refractivity contribution in [3.63, 3.8) is 0 Å². The van der Waals surface area contributed by atoms with Gasteiger partial charge < -0.3 is 20.3 Å². The number of rotatable bonds is 12. The molecule has 0 saturated heterocycles. The molecule has 0 radical (unpaired) electrons. The molecule has 2 unspecified atom stereocenters. The van der Waals surface area contributed by atoms with E-state index in [1.165, 1.54) is 0 Å². The van der Waals surface area contributed by atoms with E-state index >= 15 is 0 Å². The average Bonchev–Trinajstić information content (AvgIpc) is 2.57. The third kappa shape index (κ3) is 6.40. The first-order valence-corrected chi connectivity index (χ1v) is 8.86. The lowest BCUT2D eigenvalue weighted by atomic mass is 9.88. The predicted molar refractivity (Wildman–Crippen MR) is 95.7 cm³/mol. The quantitative estimate of drug-likeness (QED) is 0.610. The van der Waals surface area contributed by atoms with Gasteiger partial charge >= 0.3 is 5.97 Å². The van der Waals surface area contributed by atoms with Crippen molar-refractivity contribution in [1.82, 2.24) is 0 Å². The van der Waals surface area contributed by atoms with Crippen LogP contribution in [0.4, 0.5) is 0 Å². The number of aliphatic carboxylic acids is 1. The maximum atomic E-state index is 11.2. The lowest BCUT2D eigenvalue weighted by Crippen LogP contribution is -2.26. The monoisotopic (exact) mass is 337 g/mol. The minimum atomic E-state index is -0.802. The van der Waals surface area contributed by atoms with Gasteiger partial charge in [-0.15, -0.1) is 0 Å². The Kier molecular flexibility index (Phi) is 9.23. The molecule has 0 bridgehead atoms. The first-order chi connectivity index (χ1) is 11.5. The van der Waals surface area contributed by atoms with Gasteiger partial charge in [0.05, 0.1) is 19.1 Å². The molecule has 1 aromatic rings. The Balaban J connectivity index is 2.77. The van der Waals surface area contributed by atoms with Gasteiger partial charge in [0.25, 0.3) is 0 Å². The maximum absolute atomic E-state index is 11.2. The van der Waals surface area contributed by atoms with Crippen molar-refractivity contribution in [2.75, 3.05) is 19.8 Å². The Bertz CT molecular complexity index is 504. The van der Waals surface area contributed by atoms with E-state index in [2.05, 4.69) is 6.92 Å². The zero-order valence-electron chi connectivity index (χ0n) is 15.1. The van der Waals surface area contributed by atoms with Gasteiger partial charge in [0.1, 0.15) is 11.5 Å². The minimum absolute atomic E-state index is 0.190. The number of carboxylic acid groups (broad SMARTS) is 1. The normalized spacial score (nSPS) is 13.3. The van der Waals surface area contributed by atoms with Crippen molar-refractivity contribution in [2.24, 2.45) is 17.6 Å². The number of carboxylic acids is 1. The average molecular weight is 337 g/mol. The third-order valence-corrected chi connectivity index (χ3v) is 4.29. The molecule has 2 atom stereocenters. The van der Waals surface area contributed by atoms with Crippen LogP contribution in [0.2, 0.25) is 0 Å². The van der Waals surface area contributed by atoms with Gasteiger partial charge in [0, 0.05) is 6.54 Å². The molecule has 0 fully saturated rings. The van der Waals surface area contributed by atoms with Crippen LogP contribution in [0.3, 0.4) is 0 Å². The molecule has 1 aromatic carbocycles. The Morgan fingerprint density at radius 1 is 1.21 bits per heavy atom. The molecular weight excluding hydrogens is 306 g/mol. The zero-order valence-corrected chi connectivity index (χ0v) is 15.1. The van der Waals surface area contributed by atoms with E-state index in [0.29, 0.717) is 25.6 Å². The highest BCUT2D eigenvalue weighted by molar-refractivity contribution is 5.70. The molecule has 0 aromatic heterocycles. The van der Waals surface area contributed by atoms with Crippen molar-refractivity contribution in [2.45, 2.75) is 46.5 Å². The van der Waals surface area contributed by atoms with Gasteiger partial charge in [-0.2, -0.15) is 0 Å². The number of hydrogen-bond acceptors (Lipinski definition) is 4. The van der Waals surface area contributed by atoms with Crippen LogP contribution in [0.25, 0.3) is 0 Å². The molecule has 0 aliphatic carbocycles. The van der Waals surface area contributed by atoms with Crippen LogP contribution in [-0.4, -0.2) is 30.8 Å². The SMILES string of the molecule is CCOc1ccc(OCC)c(CCC(CC)CC(CN)C(=O)O)c1. The van der Waals surface area contributed by atoms with Crippen LogP contribution in [0.1, 0.15) is 45.6 Å². The third-order valence-electron chi connectivity index (χ3n) is 4.29. The lowest BCUT2D eigenvalue weighted by Gasteiger charge is -2.20. The second-order valence-electron chi connectivity index (χ2n) is 5.96. The molecule has 0 amide bonds. The van der Waals surface area contributed by atoms with Crippen LogP contribution in [0.15, 0.2) is 18.2 Å². The maximum Gasteiger partial charge on any atom is 0.307 e. The number of aryl methyl sites for hydroxylation is 1. The Labute approximate surface area is 145 Å². The molecule has 0 heterocycles. The van der Waals surface area contributed by atoms with Gasteiger partial charge in [-0.1, -0.05) is 13.3 Å². The summed E-state index contributed by atoms with van der Waals surface area (Å²) in [5.74, 6) is 0.791. The fourth-order valence-electron chi connectivity index (χ4n) is 2.85. The van der Waals surface area contributed by atoms with E-state index in [9.17, 15) is 9.90 Å². The van der Waals surface area contributed by atoms with Crippen molar-refractivity contribution in [3.05, 3.63) is 23.8 Å². The Hall–Kier alpha value is -1.75. The van der Waals surface area contributed by atoms with Crippen molar-refractivity contribution in [1.29, 1.82) is 0 Å². The highest BCUT2D eigenvalue weighted by atomic mass is 16.5. The van der Waals surface area contributed by atoms with E-state index < -0.39 is 11.9 Å². The first-order valence-electron chi connectivity index (χ1n) is 8.86. The Morgan fingerprint density at radius 3 is 2.46 bits per heavy atom. The van der Waals surface area contributed by atoms with Gasteiger partial charge in [-0.05, 0) is 62.8 Å². The van der Waals surface area contributed by atoms with Crippen LogP contribution in [-0.2, 0) is 11.2 Å². The molecule has 0 saturated carbocycles. The highest BCUT2D eigenvalue weighted by Crippen LogP contribution is 2.28. The standard InChI is InChI=1S/C19H31NO4/c1-4-14(11-16(13-20)19(21)22)7-8-15-12-17(23-5-2)9-10-18(15)24-6-3/h9-10,12,14,16H,4-8,11,13,20H2,1-3H3,(H,21,22). The predicted octanol–water partition coefficient (Wildman–Crippen LogP) is 3.49. The number of ether oxygens (including phenoxy) is 2. The summed E-state index contributed by atoms with van der Waals surface area (Å²) in [4.78, 5) is 11.2. The summed E-state index contributed by atoms with van der Waals surface area (Å²) in [5, 5.41) is 9.20. The van der Waals surface area contributed by atoms with Gasteiger partial charge in [-0.3, -0.25) is 4.79 Å². The van der Waals surface area contributed by atoms with E-state index in [1.807, 2.05) is 32.0 Å². The molecule has 5 heteroatoms. The minimum Gasteiger partial charge on any atom is -0.494 e. The molecular formula is C19H31NO4.